The molecule has 29 heavy (non-hydrogen) atoms. The van der Waals surface area contributed by atoms with Gasteiger partial charge in [0.2, 0.25) is 5.95 Å². The fraction of sp³-hybridized carbons (Fsp3) is 0.190. The largest absolute Gasteiger partial charge is 0.322 e. The number of carbonyl (C=O) groups excluding carboxylic acids is 1. The third-order valence-electron chi connectivity index (χ3n) is 4.82. The molecule has 0 spiro atoms. The Labute approximate surface area is 169 Å². The first-order valence-corrected chi connectivity index (χ1v) is 10.8. The predicted octanol–water partition coefficient (Wildman–Crippen LogP) is 3.41. The van der Waals surface area contributed by atoms with Gasteiger partial charge in [0.25, 0.3) is 15.9 Å². The molecule has 0 unspecified atom stereocenters. The summed E-state index contributed by atoms with van der Waals surface area (Å²) in [5.74, 6) is -0.220. The van der Waals surface area contributed by atoms with Crippen molar-refractivity contribution in [3.05, 3.63) is 77.6 Å². The quantitative estimate of drug-likeness (QED) is 0.674. The van der Waals surface area contributed by atoms with E-state index in [2.05, 4.69) is 20.0 Å². The van der Waals surface area contributed by atoms with Crippen LogP contribution in [0.2, 0.25) is 0 Å². The van der Waals surface area contributed by atoms with E-state index in [4.69, 9.17) is 0 Å². The lowest BCUT2D eigenvalue weighted by atomic mass is 9.90. The lowest BCUT2D eigenvalue weighted by Gasteiger charge is -2.16. The van der Waals surface area contributed by atoms with Crippen LogP contribution < -0.4 is 10.0 Å². The maximum Gasteiger partial charge on any atom is 0.264 e. The molecule has 3 aromatic rings. The average Bonchev–Trinajstić information content (AvgIpc) is 2.74. The van der Waals surface area contributed by atoms with E-state index in [1.165, 1.54) is 42.1 Å². The van der Waals surface area contributed by atoms with Crippen LogP contribution in [-0.2, 0) is 22.9 Å². The number of fused-ring (bicyclic) bond motifs is 1. The van der Waals surface area contributed by atoms with Crippen molar-refractivity contribution >= 4 is 27.6 Å². The highest BCUT2D eigenvalue weighted by Crippen LogP contribution is 2.23. The summed E-state index contributed by atoms with van der Waals surface area (Å²) in [4.78, 5) is 20.3. The number of sulfonamides is 1. The van der Waals surface area contributed by atoms with Crippen molar-refractivity contribution in [2.75, 3.05) is 10.0 Å². The predicted molar refractivity (Wildman–Crippen MR) is 110 cm³/mol. The third-order valence-corrected chi connectivity index (χ3v) is 6.17. The number of benzene rings is 2. The molecule has 4 rings (SSSR count). The molecule has 0 radical (unpaired) electrons. The Kier molecular flexibility index (Phi) is 5.26. The molecule has 0 atom stereocenters. The SMILES string of the molecule is O=C(Nc1ccc(S(=O)(=O)Nc2ncccn2)cc1)c1ccc2c(c1)CCCC2. The van der Waals surface area contributed by atoms with Crippen LogP contribution in [0.1, 0.15) is 34.3 Å². The van der Waals surface area contributed by atoms with E-state index in [9.17, 15) is 13.2 Å². The fourth-order valence-corrected chi connectivity index (χ4v) is 4.28. The van der Waals surface area contributed by atoms with Gasteiger partial charge in [0.05, 0.1) is 4.90 Å². The van der Waals surface area contributed by atoms with Crippen LogP contribution in [0.5, 0.6) is 0 Å². The van der Waals surface area contributed by atoms with Crippen LogP contribution in [-0.4, -0.2) is 24.3 Å². The van der Waals surface area contributed by atoms with Gasteiger partial charge in [-0.05, 0) is 79.3 Å². The number of nitrogens with zero attached hydrogens (tertiary/aromatic N) is 2. The molecule has 1 amide bonds. The van der Waals surface area contributed by atoms with Gasteiger partial charge in [-0.2, -0.15) is 0 Å². The summed E-state index contributed by atoms with van der Waals surface area (Å²) in [6.45, 7) is 0. The van der Waals surface area contributed by atoms with E-state index in [-0.39, 0.29) is 16.8 Å². The number of aryl methyl sites for hydroxylation is 2. The summed E-state index contributed by atoms with van der Waals surface area (Å²) < 4.78 is 27.1. The highest BCUT2D eigenvalue weighted by atomic mass is 32.2. The van der Waals surface area contributed by atoms with E-state index in [1.54, 1.807) is 18.2 Å². The molecule has 0 bridgehead atoms. The first-order valence-electron chi connectivity index (χ1n) is 9.34. The van der Waals surface area contributed by atoms with Gasteiger partial charge < -0.3 is 5.32 Å². The number of carbonyl (C=O) groups is 1. The van der Waals surface area contributed by atoms with Crippen LogP contribution in [0, 0.1) is 0 Å². The Morgan fingerprint density at radius 2 is 1.59 bits per heavy atom. The molecule has 8 heteroatoms. The van der Waals surface area contributed by atoms with E-state index in [0.29, 0.717) is 11.3 Å². The zero-order valence-corrected chi connectivity index (χ0v) is 16.4. The van der Waals surface area contributed by atoms with Crippen molar-refractivity contribution in [3.8, 4) is 0 Å². The Morgan fingerprint density at radius 3 is 2.31 bits per heavy atom. The second-order valence-corrected chi connectivity index (χ2v) is 8.53. The van der Waals surface area contributed by atoms with E-state index >= 15 is 0 Å². The molecule has 1 heterocycles. The summed E-state index contributed by atoms with van der Waals surface area (Å²) in [5, 5.41) is 2.81. The first-order chi connectivity index (χ1) is 14.0. The molecule has 148 valence electrons. The first kappa shape index (κ1) is 19.1. The zero-order valence-electron chi connectivity index (χ0n) is 15.6. The summed E-state index contributed by atoms with van der Waals surface area (Å²) in [6, 6.07) is 13.4. The Hall–Kier alpha value is -3.26. The molecule has 0 fully saturated rings. The van der Waals surface area contributed by atoms with Crippen LogP contribution in [0.15, 0.2) is 65.8 Å². The lowest BCUT2D eigenvalue weighted by molar-refractivity contribution is 0.102. The highest BCUT2D eigenvalue weighted by Gasteiger charge is 2.16. The Balaban J connectivity index is 1.46. The topological polar surface area (TPSA) is 101 Å². The molecule has 1 aliphatic carbocycles. The van der Waals surface area contributed by atoms with Gasteiger partial charge in [-0.3, -0.25) is 4.79 Å². The van der Waals surface area contributed by atoms with Crippen molar-refractivity contribution in [1.82, 2.24) is 9.97 Å². The van der Waals surface area contributed by atoms with Crippen LogP contribution in [0.25, 0.3) is 0 Å². The van der Waals surface area contributed by atoms with Crippen molar-refractivity contribution < 1.29 is 13.2 Å². The molecule has 7 nitrogen and oxygen atoms in total. The van der Waals surface area contributed by atoms with Crippen LogP contribution >= 0.6 is 0 Å². The molecular weight excluding hydrogens is 388 g/mol. The lowest BCUT2D eigenvalue weighted by Crippen LogP contribution is -2.16. The minimum Gasteiger partial charge on any atom is -0.322 e. The fourth-order valence-electron chi connectivity index (χ4n) is 3.33. The maximum absolute atomic E-state index is 12.6. The standard InChI is InChI=1S/C21H20N4O3S/c26-20(17-7-6-15-4-1-2-5-16(15)14-17)24-18-8-10-19(11-9-18)29(27,28)25-21-22-12-3-13-23-21/h3,6-14H,1-2,4-5H2,(H,24,26)(H,22,23,25). The summed E-state index contributed by atoms with van der Waals surface area (Å²) in [7, 11) is -3.81. The minimum absolute atomic E-state index is 0.00251. The summed E-state index contributed by atoms with van der Waals surface area (Å²) >= 11 is 0. The monoisotopic (exact) mass is 408 g/mol. The number of hydrogen-bond acceptors (Lipinski definition) is 5. The Morgan fingerprint density at radius 1 is 0.897 bits per heavy atom. The van der Waals surface area contributed by atoms with Crippen LogP contribution in [0.4, 0.5) is 11.6 Å². The molecule has 1 aliphatic rings. The maximum atomic E-state index is 12.6. The average molecular weight is 408 g/mol. The van der Waals surface area contributed by atoms with Crippen molar-refractivity contribution in [3.63, 3.8) is 0 Å². The van der Waals surface area contributed by atoms with Gasteiger partial charge in [-0.25, -0.2) is 23.1 Å². The summed E-state index contributed by atoms with van der Waals surface area (Å²) in [5.41, 5.74) is 3.67. The Bertz CT molecular complexity index is 1130. The molecular formula is C21H20N4O3S. The van der Waals surface area contributed by atoms with E-state index in [1.807, 2.05) is 18.2 Å². The highest BCUT2D eigenvalue weighted by molar-refractivity contribution is 7.92. The van der Waals surface area contributed by atoms with Gasteiger partial charge in [-0.15, -0.1) is 0 Å². The molecule has 0 saturated carbocycles. The number of anilines is 2. The second-order valence-electron chi connectivity index (χ2n) is 6.85. The number of nitrogens with one attached hydrogen (secondary N) is 2. The van der Waals surface area contributed by atoms with Gasteiger partial charge in [-0.1, -0.05) is 6.07 Å². The molecule has 2 aromatic carbocycles. The van der Waals surface area contributed by atoms with Gasteiger partial charge in [0, 0.05) is 23.6 Å². The zero-order chi connectivity index (χ0) is 20.3. The van der Waals surface area contributed by atoms with Gasteiger partial charge in [0.15, 0.2) is 0 Å². The molecule has 2 N–H and O–H groups in total. The number of rotatable bonds is 5. The van der Waals surface area contributed by atoms with Crippen LogP contribution in [0.3, 0.4) is 0 Å². The van der Waals surface area contributed by atoms with Crippen molar-refractivity contribution in [2.24, 2.45) is 0 Å². The number of amides is 1. The number of hydrogen-bond donors (Lipinski definition) is 2. The molecule has 0 saturated heterocycles. The van der Waals surface area contributed by atoms with Gasteiger partial charge >= 0.3 is 0 Å². The second kappa shape index (κ2) is 8.00. The number of aromatic nitrogens is 2. The normalized spacial score (nSPS) is 13.4. The van der Waals surface area contributed by atoms with Gasteiger partial charge in [0.1, 0.15) is 0 Å². The molecule has 0 aliphatic heterocycles. The molecule has 1 aromatic heterocycles. The summed E-state index contributed by atoms with van der Waals surface area (Å²) in [6.07, 6.45) is 7.31. The van der Waals surface area contributed by atoms with Crippen molar-refractivity contribution in [1.29, 1.82) is 0 Å². The van der Waals surface area contributed by atoms with E-state index < -0.39 is 10.0 Å². The van der Waals surface area contributed by atoms with Crippen molar-refractivity contribution in [2.45, 2.75) is 30.6 Å². The third kappa shape index (κ3) is 4.43. The minimum atomic E-state index is -3.81. The smallest absolute Gasteiger partial charge is 0.264 e. The van der Waals surface area contributed by atoms with E-state index in [0.717, 1.165) is 19.3 Å².